The summed E-state index contributed by atoms with van der Waals surface area (Å²) < 4.78 is 1.65. The lowest BCUT2D eigenvalue weighted by molar-refractivity contribution is 0.0694. The molecule has 2 rings (SSSR count). The molecule has 94 valence electrons. The molecule has 0 unspecified atom stereocenters. The minimum Gasteiger partial charge on any atom is -0.478 e. The molecule has 0 aromatic carbocycles. The van der Waals surface area contributed by atoms with E-state index in [9.17, 15) is 9.59 Å². The molecule has 2 aromatic rings. The summed E-state index contributed by atoms with van der Waals surface area (Å²) in [6, 6.07) is 1.33. The zero-order chi connectivity index (χ0) is 13.3. The van der Waals surface area contributed by atoms with Gasteiger partial charge in [-0.25, -0.2) is 9.78 Å². The van der Waals surface area contributed by atoms with E-state index in [1.54, 1.807) is 13.1 Å². The molecule has 0 aliphatic carbocycles. The molecule has 0 saturated carbocycles. The van der Waals surface area contributed by atoms with Crippen molar-refractivity contribution in [3.05, 3.63) is 48.7 Å². The summed E-state index contributed by atoms with van der Waals surface area (Å²) in [5.74, 6) is -1.05. The van der Waals surface area contributed by atoms with Crippen molar-refractivity contribution in [2.75, 3.05) is 0 Å². The molecular formula is C11H9BrN2O3S. The van der Waals surface area contributed by atoms with Crippen LogP contribution < -0.4 is 5.56 Å². The molecule has 0 saturated heterocycles. The maximum Gasteiger partial charge on any atom is 0.337 e. The first-order valence-electron chi connectivity index (χ1n) is 5.02. The van der Waals surface area contributed by atoms with Crippen molar-refractivity contribution in [2.45, 2.75) is 13.5 Å². The van der Waals surface area contributed by atoms with Crippen molar-refractivity contribution < 1.29 is 9.90 Å². The number of hydrogen-bond acceptors (Lipinski definition) is 4. The fraction of sp³-hybridized carbons (Fsp3) is 0.182. The minimum absolute atomic E-state index is 0.109. The summed E-state index contributed by atoms with van der Waals surface area (Å²) in [7, 11) is 0. The lowest BCUT2D eigenvalue weighted by Crippen LogP contribution is -2.26. The van der Waals surface area contributed by atoms with Gasteiger partial charge in [0.05, 0.1) is 16.6 Å². The number of aromatic nitrogens is 2. The first-order chi connectivity index (χ1) is 8.50. The van der Waals surface area contributed by atoms with Gasteiger partial charge in [0.15, 0.2) is 0 Å². The highest BCUT2D eigenvalue weighted by Gasteiger charge is 2.15. The second-order valence-electron chi connectivity index (χ2n) is 3.61. The topological polar surface area (TPSA) is 72.2 Å². The average molecular weight is 329 g/mol. The lowest BCUT2D eigenvalue weighted by atomic mass is 10.2. The van der Waals surface area contributed by atoms with E-state index in [-0.39, 0.29) is 22.1 Å². The summed E-state index contributed by atoms with van der Waals surface area (Å²) in [6.07, 6.45) is 1.65. The van der Waals surface area contributed by atoms with Gasteiger partial charge in [-0.1, -0.05) is 0 Å². The third kappa shape index (κ3) is 2.37. The molecule has 2 aromatic heterocycles. The van der Waals surface area contributed by atoms with Crippen LogP contribution >= 0.6 is 27.3 Å². The van der Waals surface area contributed by atoms with Gasteiger partial charge in [0.2, 0.25) is 0 Å². The number of aromatic carboxylic acids is 1. The van der Waals surface area contributed by atoms with Crippen LogP contribution in [0, 0.1) is 6.92 Å². The predicted octanol–water partition coefficient (Wildman–Crippen LogP) is 2.12. The van der Waals surface area contributed by atoms with Gasteiger partial charge in [0.25, 0.3) is 5.56 Å². The first-order valence-corrected chi connectivity index (χ1v) is 6.69. The molecule has 0 atom stereocenters. The fourth-order valence-corrected chi connectivity index (χ4v) is 2.64. The molecule has 2 heterocycles. The van der Waals surface area contributed by atoms with E-state index in [1.165, 1.54) is 22.0 Å². The molecular weight excluding hydrogens is 320 g/mol. The van der Waals surface area contributed by atoms with Crippen molar-refractivity contribution >= 4 is 33.2 Å². The van der Waals surface area contributed by atoms with E-state index < -0.39 is 5.97 Å². The molecule has 0 radical (unpaired) electrons. The van der Waals surface area contributed by atoms with Crippen molar-refractivity contribution in [3.63, 3.8) is 0 Å². The van der Waals surface area contributed by atoms with E-state index in [0.717, 1.165) is 5.01 Å². The van der Waals surface area contributed by atoms with Crippen molar-refractivity contribution in [2.24, 2.45) is 0 Å². The molecule has 5 nitrogen and oxygen atoms in total. The third-order valence-electron chi connectivity index (χ3n) is 2.52. The largest absolute Gasteiger partial charge is 0.478 e. The number of carboxylic acid groups (broad SMARTS) is 1. The van der Waals surface area contributed by atoms with Crippen LogP contribution in [0.25, 0.3) is 0 Å². The Hall–Kier alpha value is -1.47. The SMILES string of the molecule is Cc1c(C(=O)O)cc(Br)c(=O)n1Cc1nccs1. The van der Waals surface area contributed by atoms with E-state index in [2.05, 4.69) is 20.9 Å². The van der Waals surface area contributed by atoms with Gasteiger partial charge in [0.1, 0.15) is 5.01 Å². The van der Waals surface area contributed by atoms with Crippen LogP contribution in [-0.4, -0.2) is 20.6 Å². The lowest BCUT2D eigenvalue weighted by Gasteiger charge is -2.11. The fourth-order valence-electron chi connectivity index (χ4n) is 1.59. The maximum absolute atomic E-state index is 12.0. The van der Waals surface area contributed by atoms with Crippen LogP contribution in [0.3, 0.4) is 0 Å². The predicted molar refractivity (Wildman–Crippen MR) is 71.3 cm³/mol. The summed E-state index contributed by atoms with van der Waals surface area (Å²) in [5, 5.41) is 11.7. The van der Waals surface area contributed by atoms with Gasteiger partial charge in [-0.2, -0.15) is 0 Å². The monoisotopic (exact) mass is 328 g/mol. The molecule has 18 heavy (non-hydrogen) atoms. The Labute approximate surface area is 115 Å². The molecule has 0 fully saturated rings. The second-order valence-corrected chi connectivity index (χ2v) is 5.45. The normalized spacial score (nSPS) is 10.6. The Morgan fingerprint density at radius 2 is 2.33 bits per heavy atom. The number of hydrogen-bond donors (Lipinski definition) is 1. The van der Waals surface area contributed by atoms with Gasteiger partial charge in [-0.05, 0) is 28.9 Å². The molecule has 0 aliphatic rings. The van der Waals surface area contributed by atoms with Gasteiger partial charge < -0.3 is 9.67 Å². The van der Waals surface area contributed by atoms with Crippen LogP contribution in [0.5, 0.6) is 0 Å². The minimum atomic E-state index is -1.05. The van der Waals surface area contributed by atoms with Gasteiger partial charge in [-0.15, -0.1) is 11.3 Å². The highest BCUT2D eigenvalue weighted by atomic mass is 79.9. The number of halogens is 1. The third-order valence-corrected chi connectivity index (χ3v) is 3.85. The van der Waals surface area contributed by atoms with Gasteiger partial charge in [-0.3, -0.25) is 4.79 Å². The molecule has 0 aliphatic heterocycles. The highest BCUT2D eigenvalue weighted by molar-refractivity contribution is 9.10. The zero-order valence-electron chi connectivity index (χ0n) is 9.38. The van der Waals surface area contributed by atoms with E-state index >= 15 is 0 Å². The van der Waals surface area contributed by atoms with E-state index in [1.807, 2.05) is 5.38 Å². The van der Waals surface area contributed by atoms with Crippen LogP contribution in [0.1, 0.15) is 21.1 Å². The summed E-state index contributed by atoms with van der Waals surface area (Å²) in [5.41, 5.74) is 0.275. The van der Waals surface area contributed by atoms with Gasteiger partial charge in [0, 0.05) is 17.3 Å². The van der Waals surface area contributed by atoms with Crippen molar-refractivity contribution in [3.8, 4) is 0 Å². The summed E-state index contributed by atoms with van der Waals surface area (Å²) >= 11 is 4.51. The molecule has 1 N–H and O–H groups in total. The molecule has 0 spiro atoms. The molecule has 7 heteroatoms. The van der Waals surface area contributed by atoms with E-state index in [0.29, 0.717) is 5.69 Å². The van der Waals surface area contributed by atoms with Gasteiger partial charge >= 0.3 is 5.97 Å². The number of thiazole rings is 1. The Morgan fingerprint density at radius 1 is 1.61 bits per heavy atom. The Balaban J connectivity index is 2.58. The first kappa shape index (κ1) is 13.0. The number of rotatable bonds is 3. The Bertz CT molecular complexity index is 649. The van der Waals surface area contributed by atoms with Crippen LogP contribution in [0.4, 0.5) is 0 Å². The van der Waals surface area contributed by atoms with E-state index in [4.69, 9.17) is 5.11 Å². The highest BCUT2D eigenvalue weighted by Crippen LogP contribution is 2.14. The number of pyridine rings is 1. The molecule has 0 amide bonds. The Kier molecular flexibility index (Phi) is 3.63. The summed E-state index contributed by atoms with van der Waals surface area (Å²) in [4.78, 5) is 27.2. The number of nitrogens with zero attached hydrogens (tertiary/aromatic N) is 2. The van der Waals surface area contributed by atoms with Crippen LogP contribution in [0.15, 0.2) is 26.9 Å². The molecule has 0 bridgehead atoms. The maximum atomic E-state index is 12.0. The van der Waals surface area contributed by atoms with Crippen LogP contribution in [0.2, 0.25) is 0 Å². The van der Waals surface area contributed by atoms with Crippen LogP contribution in [-0.2, 0) is 6.54 Å². The zero-order valence-corrected chi connectivity index (χ0v) is 11.8. The average Bonchev–Trinajstić information content (AvgIpc) is 2.81. The second kappa shape index (κ2) is 5.03. The number of carbonyl (C=O) groups is 1. The standard InChI is InChI=1S/C11H9BrN2O3S/c1-6-7(11(16)17)4-8(12)10(15)14(6)5-9-13-2-3-18-9/h2-4H,5H2,1H3,(H,16,17). The van der Waals surface area contributed by atoms with Crippen molar-refractivity contribution in [1.29, 1.82) is 0 Å². The smallest absolute Gasteiger partial charge is 0.337 e. The number of carboxylic acids is 1. The van der Waals surface area contributed by atoms with Crippen molar-refractivity contribution in [1.82, 2.24) is 9.55 Å². The Morgan fingerprint density at radius 3 is 2.89 bits per heavy atom. The quantitative estimate of drug-likeness (QED) is 0.936. The summed E-state index contributed by atoms with van der Waals surface area (Å²) in [6.45, 7) is 1.90.